The van der Waals surface area contributed by atoms with Crippen molar-refractivity contribution < 1.29 is 9.66 Å². The molecule has 2 rings (SSSR count). The minimum atomic E-state index is -0.472. The average molecular weight is 222 g/mol. The van der Waals surface area contributed by atoms with Gasteiger partial charge in [-0.15, -0.1) is 0 Å². The van der Waals surface area contributed by atoms with E-state index in [0.29, 0.717) is 12.5 Å². The van der Waals surface area contributed by atoms with Crippen LogP contribution >= 0.6 is 0 Å². The van der Waals surface area contributed by atoms with E-state index in [9.17, 15) is 10.1 Å². The van der Waals surface area contributed by atoms with E-state index in [1.807, 2.05) is 0 Å². The highest BCUT2D eigenvalue weighted by Gasteiger charge is 2.21. The van der Waals surface area contributed by atoms with Gasteiger partial charge in [0.05, 0.1) is 11.5 Å². The molecule has 0 atom stereocenters. The first-order valence-corrected chi connectivity index (χ1v) is 5.27. The minimum Gasteiger partial charge on any atom is -0.393 e. The monoisotopic (exact) mass is 222 g/mol. The normalized spacial score (nSPS) is 15.0. The van der Waals surface area contributed by atoms with Gasteiger partial charge in [-0.3, -0.25) is 10.1 Å². The molecule has 1 fully saturated rings. The second-order valence-corrected chi connectivity index (χ2v) is 4.11. The van der Waals surface area contributed by atoms with Gasteiger partial charge in [-0.05, 0) is 30.4 Å². The Morgan fingerprint density at radius 3 is 2.88 bits per heavy atom. The van der Waals surface area contributed by atoms with Gasteiger partial charge >= 0.3 is 0 Å². The Morgan fingerprint density at radius 2 is 2.25 bits per heavy atom. The number of hydrogen-bond donors (Lipinski definition) is 1. The Morgan fingerprint density at radius 1 is 1.50 bits per heavy atom. The SMILES string of the molecule is Nc1ccc(COCC2CC2)cc1[N+](=O)[O-]. The molecule has 0 amide bonds. The zero-order valence-electron chi connectivity index (χ0n) is 8.89. The zero-order chi connectivity index (χ0) is 11.5. The fourth-order valence-corrected chi connectivity index (χ4v) is 1.47. The van der Waals surface area contributed by atoms with Crippen LogP contribution in [0.2, 0.25) is 0 Å². The van der Waals surface area contributed by atoms with Gasteiger partial charge in [-0.1, -0.05) is 6.07 Å². The van der Waals surface area contributed by atoms with Crippen LogP contribution in [0.15, 0.2) is 18.2 Å². The molecule has 1 saturated carbocycles. The average Bonchev–Trinajstić information content (AvgIpc) is 3.04. The summed E-state index contributed by atoms with van der Waals surface area (Å²) in [5.74, 6) is 0.698. The third kappa shape index (κ3) is 2.70. The predicted octanol–water partition coefficient (Wildman–Crippen LogP) is 2.10. The molecule has 0 radical (unpaired) electrons. The van der Waals surface area contributed by atoms with E-state index in [1.165, 1.54) is 18.9 Å². The van der Waals surface area contributed by atoms with Gasteiger partial charge in [-0.25, -0.2) is 0 Å². The van der Waals surface area contributed by atoms with Gasteiger partial charge in [0, 0.05) is 12.7 Å². The lowest BCUT2D eigenvalue weighted by molar-refractivity contribution is -0.384. The van der Waals surface area contributed by atoms with Crippen LogP contribution in [0.25, 0.3) is 0 Å². The molecule has 0 aromatic heterocycles. The van der Waals surface area contributed by atoms with Crippen molar-refractivity contribution in [3.8, 4) is 0 Å². The molecule has 2 N–H and O–H groups in total. The summed E-state index contributed by atoms with van der Waals surface area (Å²) in [6.45, 7) is 1.16. The summed E-state index contributed by atoms with van der Waals surface area (Å²) in [4.78, 5) is 10.2. The van der Waals surface area contributed by atoms with Crippen LogP contribution in [-0.4, -0.2) is 11.5 Å². The standard InChI is InChI=1S/C11H14N2O3/c12-10-4-3-9(5-11(10)13(14)15)7-16-6-8-1-2-8/h3-5,8H,1-2,6-7,12H2. The second kappa shape index (κ2) is 4.49. The van der Waals surface area contributed by atoms with Crippen LogP contribution in [0.5, 0.6) is 0 Å². The Kier molecular flexibility index (Phi) is 3.05. The van der Waals surface area contributed by atoms with Crippen molar-refractivity contribution in [3.05, 3.63) is 33.9 Å². The molecule has 86 valence electrons. The van der Waals surface area contributed by atoms with Crippen LogP contribution in [-0.2, 0) is 11.3 Å². The Balaban J connectivity index is 1.97. The third-order valence-electron chi connectivity index (χ3n) is 2.61. The maximum Gasteiger partial charge on any atom is 0.292 e. The fourth-order valence-electron chi connectivity index (χ4n) is 1.47. The fraction of sp³-hybridized carbons (Fsp3) is 0.455. The van der Waals surface area contributed by atoms with Gasteiger partial charge in [-0.2, -0.15) is 0 Å². The van der Waals surface area contributed by atoms with Crippen LogP contribution in [0.3, 0.4) is 0 Å². The van der Waals surface area contributed by atoms with Gasteiger partial charge in [0.1, 0.15) is 5.69 Å². The smallest absolute Gasteiger partial charge is 0.292 e. The molecule has 5 heteroatoms. The van der Waals surface area contributed by atoms with E-state index in [2.05, 4.69) is 0 Å². The highest BCUT2D eigenvalue weighted by molar-refractivity contribution is 5.59. The molecule has 1 aliphatic rings. The summed E-state index contributed by atoms with van der Waals surface area (Å²) in [6, 6.07) is 4.78. The van der Waals surface area contributed by atoms with Crippen molar-refractivity contribution in [2.75, 3.05) is 12.3 Å². The van der Waals surface area contributed by atoms with Crippen molar-refractivity contribution in [1.82, 2.24) is 0 Å². The molecule has 16 heavy (non-hydrogen) atoms. The minimum absolute atomic E-state index is 0.0486. The summed E-state index contributed by atoms with van der Waals surface area (Å²) in [6.07, 6.45) is 2.48. The van der Waals surface area contributed by atoms with E-state index in [4.69, 9.17) is 10.5 Å². The molecule has 0 aliphatic heterocycles. The number of nitro benzene ring substituents is 1. The molecular weight excluding hydrogens is 208 g/mol. The van der Waals surface area contributed by atoms with Crippen LogP contribution in [0.1, 0.15) is 18.4 Å². The van der Waals surface area contributed by atoms with Crippen LogP contribution in [0.4, 0.5) is 11.4 Å². The summed E-state index contributed by atoms with van der Waals surface area (Å²) < 4.78 is 5.45. The maximum absolute atomic E-state index is 10.7. The number of ether oxygens (including phenoxy) is 1. The summed E-state index contributed by atoms with van der Waals surface area (Å²) in [5, 5.41) is 10.7. The number of nitrogens with zero attached hydrogens (tertiary/aromatic N) is 1. The Hall–Kier alpha value is -1.62. The van der Waals surface area contributed by atoms with Gasteiger partial charge in [0.15, 0.2) is 0 Å². The quantitative estimate of drug-likeness (QED) is 0.470. The molecule has 5 nitrogen and oxygen atoms in total. The van der Waals surface area contributed by atoms with Gasteiger partial charge in [0.2, 0.25) is 0 Å². The molecular formula is C11H14N2O3. The Bertz CT molecular complexity index is 402. The van der Waals surface area contributed by atoms with Crippen molar-refractivity contribution in [3.63, 3.8) is 0 Å². The highest BCUT2D eigenvalue weighted by atomic mass is 16.6. The molecule has 0 unspecified atom stereocenters. The van der Waals surface area contributed by atoms with Crippen molar-refractivity contribution >= 4 is 11.4 Å². The van der Waals surface area contributed by atoms with E-state index in [1.54, 1.807) is 12.1 Å². The van der Waals surface area contributed by atoms with E-state index in [0.717, 1.165) is 12.2 Å². The molecule has 1 aromatic carbocycles. The lowest BCUT2D eigenvalue weighted by atomic mass is 10.2. The first-order valence-electron chi connectivity index (χ1n) is 5.27. The first kappa shape index (κ1) is 10.9. The first-order chi connectivity index (χ1) is 7.66. The lowest BCUT2D eigenvalue weighted by Gasteiger charge is -2.04. The molecule has 1 aliphatic carbocycles. The van der Waals surface area contributed by atoms with E-state index >= 15 is 0 Å². The molecule has 0 saturated heterocycles. The number of nitrogen functional groups attached to an aromatic ring is 1. The number of rotatable bonds is 5. The summed E-state index contributed by atoms with van der Waals surface area (Å²) in [5.41, 5.74) is 6.43. The predicted molar refractivity (Wildman–Crippen MR) is 59.9 cm³/mol. The van der Waals surface area contributed by atoms with Gasteiger partial charge < -0.3 is 10.5 Å². The highest BCUT2D eigenvalue weighted by Crippen LogP contribution is 2.29. The van der Waals surface area contributed by atoms with Crippen LogP contribution < -0.4 is 5.73 Å². The molecule has 0 bridgehead atoms. The maximum atomic E-state index is 10.7. The van der Waals surface area contributed by atoms with Crippen LogP contribution in [0, 0.1) is 16.0 Å². The molecule has 0 heterocycles. The summed E-state index contributed by atoms with van der Waals surface area (Å²) >= 11 is 0. The molecule has 1 aromatic rings. The number of hydrogen-bond acceptors (Lipinski definition) is 4. The topological polar surface area (TPSA) is 78.4 Å². The van der Waals surface area contributed by atoms with Crippen molar-refractivity contribution in [2.45, 2.75) is 19.4 Å². The largest absolute Gasteiger partial charge is 0.393 e. The van der Waals surface area contributed by atoms with Crippen molar-refractivity contribution in [2.24, 2.45) is 5.92 Å². The number of benzene rings is 1. The lowest BCUT2D eigenvalue weighted by Crippen LogP contribution is -2.00. The number of anilines is 1. The summed E-state index contributed by atoms with van der Waals surface area (Å²) in [7, 11) is 0. The van der Waals surface area contributed by atoms with Crippen molar-refractivity contribution in [1.29, 1.82) is 0 Å². The molecule has 0 spiro atoms. The second-order valence-electron chi connectivity index (χ2n) is 4.11. The zero-order valence-corrected chi connectivity index (χ0v) is 8.89. The van der Waals surface area contributed by atoms with E-state index < -0.39 is 4.92 Å². The van der Waals surface area contributed by atoms with E-state index in [-0.39, 0.29) is 11.4 Å². The number of nitro groups is 1. The van der Waals surface area contributed by atoms with Gasteiger partial charge in [0.25, 0.3) is 5.69 Å². The number of nitrogens with two attached hydrogens (primary N) is 1. The Labute approximate surface area is 93.4 Å². The third-order valence-corrected chi connectivity index (χ3v) is 2.61.